The molecule has 0 fully saturated rings. The normalized spacial score (nSPS) is 12.6. The highest BCUT2D eigenvalue weighted by Gasteiger charge is 2.12. The van der Waals surface area contributed by atoms with Crippen LogP contribution in [0.5, 0.6) is 0 Å². The lowest BCUT2D eigenvalue weighted by Gasteiger charge is -2.15. The van der Waals surface area contributed by atoms with E-state index in [9.17, 15) is 0 Å². The van der Waals surface area contributed by atoms with Gasteiger partial charge in [-0.05, 0) is 6.42 Å². The van der Waals surface area contributed by atoms with Crippen molar-refractivity contribution in [2.45, 2.75) is 19.4 Å². The van der Waals surface area contributed by atoms with Crippen molar-refractivity contribution in [1.29, 1.82) is 0 Å². The van der Waals surface area contributed by atoms with Gasteiger partial charge in [-0.3, -0.25) is 10.5 Å². The highest BCUT2D eigenvalue weighted by molar-refractivity contribution is 5.87. The minimum Gasteiger partial charge on any atom is -0.394 e. The number of fused-ring (bicyclic) bond motifs is 1. The number of nitrogen functional groups attached to an aromatic ring is 1. The number of aromatic amines is 1. The maximum absolute atomic E-state index is 9.17. The number of aliphatic hydroxyl groups is 1. The van der Waals surface area contributed by atoms with E-state index in [0.29, 0.717) is 11.5 Å². The second kappa shape index (κ2) is 4.93. The molecule has 1 unspecified atom stereocenters. The third-order valence-electron chi connectivity index (χ3n) is 2.49. The molecule has 0 saturated heterocycles. The summed E-state index contributed by atoms with van der Waals surface area (Å²) in [4.78, 5) is 8.30. The molecule has 0 aromatic carbocycles. The average Bonchev–Trinajstić information content (AvgIpc) is 2.83. The number of aliphatic hydroxyl groups excluding tert-OH is 1. The first-order valence-corrected chi connectivity index (χ1v) is 5.33. The molecule has 1 atom stereocenters. The summed E-state index contributed by atoms with van der Waals surface area (Å²) in [6.07, 6.45) is 2.41. The third-order valence-corrected chi connectivity index (χ3v) is 2.49. The first-order valence-electron chi connectivity index (χ1n) is 5.33. The lowest BCUT2D eigenvalue weighted by atomic mass is 10.2. The maximum atomic E-state index is 9.17. The molecule has 0 aliphatic rings. The van der Waals surface area contributed by atoms with E-state index in [4.69, 9.17) is 10.9 Å². The van der Waals surface area contributed by atoms with E-state index in [1.54, 1.807) is 6.20 Å². The van der Waals surface area contributed by atoms with Gasteiger partial charge in [-0.15, -0.1) is 0 Å². The summed E-state index contributed by atoms with van der Waals surface area (Å²) in [7, 11) is 0. The Balaban J connectivity index is 2.39. The number of hydrogen-bond donors (Lipinski definition) is 5. The van der Waals surface area contributed by atoms with Crippen molar-refractivity contribution in [2.75, 3.05) is 17.3 Å². The van der Waals surface area contributed by atoms with Crippen LogP contribution in [0, 0.1) is 0 Å². The van der Waals surface area contributed by atoms with E-state index in [-0.39, 0.29) is 18.6 Å². The number of H-pyrrole nitrogens is 1. The van der Waals surface area contributed by atoms with E-state index < -0.39 is 0 Å². The molecule has 2 aromatic rings. The Bertz CT molecular complexity index is 493. The van der Waals surface area contributed by atoms with Crippen LogP contribution >= 0.6 is 0 Å². The number of nitrogens with zero attached hydrogens (tertiary/aromatic N) is 3. The molecule has 2 rings (SSSR count). The number of anilines is 2. The zero-order chi connectivity index (χ0) is 12.3. The van der Waals surface area contributed by atoms with Crippen LogP contribution in [0.4, 0.5) is 11.8 Å². The highest BCUT2D eigenvalue weighted by atomic mass is 16.3. The Morgan fingerprint density at radius 3 is 3.00 bits per heavy atom. The van der Waals surface area contributed by atoms with Crippen molar-refractivity contribution >= 4 is 22.8 Å². The second-order valence-electron chi connectivity index (χ2n) is 3.60. The molecular formula is C9H15N7O. The largest absolute Gasteiger partial charge is 0.394 e. The first kappa shape index (κ1) is 11.6. The van der Waals surface area contributed by atoms with E-state index in [1.165, 1.54) is 0 Å². The Kier molecular flexibility index (Phi) is 3.35. The van der Waals surface area contributed by atoms with Gasteiger partial charge >= 0.3 is 0 Å². The summed E-state index contributed by atoms with van der Waals surface area (Å²) in [6, 6.07) is -0.0615. The quantitative estimate of drug-likeness (QED) is 0.361. The lowest BCUT2D eigenvalue weighted by Crippen LogP contribution is -2.24. The van der Waals surface area contributed by atoms with Gasteiger partial charge in [0.05, 0.1) is 24.2 Å². The molecule has 17 heavy (non-hydrogen) atoms. The molecule has 0 amide bonds. The van der Waals surface area contributed by atoms with Gasteiger partial charge in [0.25, 0.3) is 0 Å². The predicted molar refractivity (Wildman–Crippen MR) is 64.3 cm³/mol. The fraction of sp³-hybridized carbons (Fsp3) is 0.444. The van der Waals surface area contributed by atoms with Crippen LogP contribution < -0.4 is 16.6 Å². The Morgan fingerprint density at radius 2 is 2.35 bits per heavy atom. The first-order chi connectivity index (χ1) is 8.28. The Labute approximate surface area is 97.6 Å². The van der Waals surface area contributed by atoms with Gasteiger partial charge in [0, 0.05) is 0 Å². The Morgan fingerprint density at radius 1 is 1.53 bits per heavy atom. The fourth-order valence-electron chi connectivity index (χ4n) is 1.48. The fourth-order valence-corrected chi connectivity index (χ4v) is 1.48. The summed E-state index contributed by atoms with van der Waals surface area (Å²) in [5.41, 5.74) is 2.97. The van der Waals surface area contributed by atoms with Crippen molar-refractivity contribution in [3.05, 3.63) is 6.20 Å². The molecule has 8 heteroatoms. The number of nitrogens with two attached hydrogens (primary N) is 1. The Hall–Kier alpha value is -1.93. The SMILES string of the molecule is CCC(CO)Nc1nc(NN)nc2[nH]ncc12. The van der Waals surface area contributed by atoms with Crippen LogP contribution in [0.15, 0.2) is 6.20 Å². The lowest BCUT2D eigenvalue weighted by molar-refractivity contribution is 0.271. The minimum absolute atomic E-state index is 0.0330. The number of rotatable bonds is 5. The molecule has 0 saturated carbocycles. The van der Waals surface area contributed by atoms with E-state index in [0.717, 1.165) is 11.8 Å². The minimum atomic E-state index is -0.0615. The van der Waals surface area contributed by atoms with Gasteiger partial charge in [0.15, 0.2) is 5.65 Å². The van der Waals surface area contributed by atoms with Crippen molar-refractivity contribution in [3.8, 4) is 0 Å². The van der Waals surface area contributed by atoms with E-state index >= 15 is 0 Å². The molecule has 0 radical (unpaired) electrons. The van der Waals surface area contributed by atoms with Crippen LogP contribution in [-0.4, -0.2) is 37.9 Å². The molecule has 2 aromatic heterocycles. The van der Waals surface area contributed by atoms with E-state index in [1.807, 2.05) is 6.92 Å². The second-order valence-corrected chi connectivity index (χ2v) is 3.60. The van der Waals surface area contributed by atoms with Crippen molar-refractivity contribution < 1.29 is 5.11 Å². The van der Waals surface area contributed by atoms with Gasteiger partial charge < -0.3 is 10.4 Å². The maximum Gasteiger partial charge on any atom is 0.241 e. The molecule has 2 heterocycles. The molecular weight excluding hydrogens is 222 g/mol. The van der Waals surface area contributed by atoms with Crippen molar-refractivity contribution in [1.82, 2.24) is 20.2 Å². The molecule has 8 nitrogen and oxygen atoms in total. The third kappa shape index (κ3) is 2.27. The topological polar surface area (TPSA) is 125 Å². The standard InChI is InChI=1S/C9H15N7O/c1-2-5(4-17)12-7-6-3-11-16-8(6)14-9(13-7)15-10/h3,5,17H,2,4,10H2,1H3,(H3,11,12,13,14,15,16). The van der Waals surface area contributed by atoms with Crippen LogP contribution in [-0.2, 0) is 0 Å². The monoisotopic (exact) mass is 237 g/mol. The van der Waals surface area contributed by atoms with Gasteiger partial charge in [0.1, 0.15) is 5.82 Å². The van der Waals surface area contributed by atoms with Crippen LogP contribution in [0.1, 0.15) is 13.3 Å². The molecule has 0 bridgehead atoms. The summed E-state index contributed by atoms with van der Waals surface area (Å²) in [5, 5.41) is 19.7. The molecule has 0 aliphatic heterocycles. The van der Waals surface area contributed by atoms with Crippen LogP contribution in [0.3, 0.4) is 0 Å². The smallest absolute Gasteiger partial charge is 0.241 e. The zero-order valence-electron chi connectivity index (χ0n) is 9.44. The highest BCUT2D eigenvalue weighted by Crippen LogP contribution is 2.20. The molecule has 0 aliphatic carbocycles. The molecule has 92 valence electrons. The number of aromatic nitrogens is 4. The van der Waals surface area contributed by atoms with Gasteiger partial charge in [-0.1, -0.05) is 6.92 Å². The molecule has 0 spiro atoms. The summed E-state index contributed by atoms with van der Waals surface area (Å²) in [5.74, 6) is 6.17. The summed E-state index contributed by atoms with van der Waals surface area (Å²) >= 11 is 0. The number of hydrazine groups is 1. The zero-order valence-corrected chi connectivity index (χ0v) is 9.44. The number of hydrogen-bond acceptors (Lipinski definition) is 7. The van der Waals surface area contributed by atoms with Gasteiger partial charge in [-0.25, -0.2) is 5.84 Å². The number of nitrogens with one attached hydrogen (secondary N) is 3. The van der Waals surface area contributed by atoms with Crippen molar-refractivity contribution in [2.24, 2.45) is 5.84 Å². The summed E-state index contributed by atoms with van der Waals surface area (Å²) < 4.78 is 0. The molecule has 6 N–H and O–H groups in total. The van der Waals surface area contributed by atoms with Crippen molar-refractivity contribution in [3.63, 3.8) is 0 Å². The summed E-state index contributed by atoms with van der Waals surface area (Å²) in [6.45, 7) is 2.01. The average molecular weight is 237 g/mol. The van der Waals surface area contributed by atoms with Gasteiger partial charge in [0.2, 0.25) is 5.95 Å². The van der Waals surface area contributed by atoms with Crippen LogP contribution in [0.2, 0.25) is 0 Å². The van der Waals surface area contributed by atoms with Gasteiger partial charge in [-0.2, -0.15) is 15.1 Å². The predicted octanol–water partition coefficient (Wildman–Crippen LogP) is -0.179. The van der Waals surface area contributed by atoms with Crippen LogP contribution in [0.25, 0.3) is 11.0 Å². The van der Waals surface area contributed by atoms with E-state index in [2.05, 4.69) is 30.9 Å².